The molecule has 0 aliphatic carbocycles. The molecule has 0 saturated carbocycles. The minimum Gasteiger partial charge on any atom is -0.317 e. The van der Waals surface area contributed by atoms with E-state index in [2.05, 4.69) is 36.3 Å². The largest absolute Gasteiger partial charge is 0.317 e. The van der Waals surface area contributed by atoms with Crippen LogP contribution in [0.2, 0.25) is 5.02 Å². The maximum absolute atomic E-state index is 5.95. The molecule has 0 aromatic heterocycles. The Kier molecular flexibility index (Phi) is 4.43. The molecule has 1 saturated heterocycles. The van der Waals surface area contributed by atoms with Gasteiger partial charge in [0.15, 0.2) is 0 Å². The fraction of sp³-hybridized carbons (Fsp3) is 0.571. The van der Waals surface area contributed by atoms with Gasteiger partial charge in [-0.3, -0.25) is 4.90 Å². The molecule has 1 aromatic carbocycles. The Labute approximate surface area is 109 Å². The van der Waals surface area contributed by atoms with Crippen molar-refractivity contribution in [1.29, 1.82) is 0 Å². The molecule has 2 unspecified atom stereocenters. The Balaban J connectivity index is 2.12. The van der Waals surface area contributed by atoms with Crippen LogP contribution in [0, 0.1) is 5.92 Å². The van der Waals surface area contributed by atoms with Crippen LogP contribution < -0.4 is 5.32 Å². The summed E-state index contributed by atoms with van der Waals surface area (Å²) in [5.74, 6) is 0.709. The lowest BCUT2D eigenvalue weighted by molar-refractivity contribution is 0.273. The Morgan fingerprint density at radius 2 is 2.06 bits per heavy atom. The second-order valence-electron chi connectivity index (χ2n) is 4.83. The smallest absolute Gasteiger partial charge is 0.0406 e. The molecular weight excluding hydrogens is 232 g/mol. The Bertz CT molecular complexity index is 350. The summed E-state index contributed by atoms with van der Waals surface area (Å²) in [7, 11) is 2.21. The minimum atomic E-state index is 0.534. The van der Waals surface area contributed by atoms with Crippen molar-refractivity contribution >= 4 is 11.6 Å². The first kappa shape index (κ1) is 12.9. The lowest BCUT2D eigenvalue weighted by atomic mass is 9.94. The van der Waals surface area contributed by atoms with Gasteiger partial charge < -0.3 is 5.32 Å². The van der Waals surface area contributed by atoms with E-state index in [1.165, 1.54) is 18.5 Å². The fourth-order valence-corrected chi connectivity index (χ4v) is 2.88. The molecule has 2 rings (SSSR count). The van der Waals surface area contributed by atoms with E-state index >= 15 is 0 Å². The molecule has 1 aliphatic rings. The van der Waals surface area contributed by atoms with E-state index in [4.69, 9.17) is 11.6 Å². The van der Waals surface area contributed by atoms with Crippen molar-refractivity contribution in [2.45, 2.75) is 19.4 Å². The van der Waals surface area contributed by atoms with Gasteiger partial charge in [0, 0.05) is 11.1 Å². The molecule has 3 heteroatoms. The number of nitrogens with zero attached hydrogens (tertiary/aromatic N) is 1. The average molecular weight is 253 g/mol. The van der Waals surface area contributed by atoms with Crippen LogP contribution in [0.3, 0.4) is 0 Å². The molecule has 1 fully saturated rings. The van der Waals surface area contributed by atoms with Crippen LogP contribution in [-0.2, 0) is 0 Å². The van der Waals surface area contributed by atoms with E-state index in [9.17, 15) is 0 Å². The van der Waals surface area contributed by atoms with Gasteiger partial charge in [0.25, 0.3) is 0 Å². The molecule has 1 heterocycles. The predicted molar refractivity (Wildman–Crippen MR) is 73.5 cm³/mol. The first-order valence-corrected chi connectivity index (χ1v) is 6.76. The summed E-state index contributed by atoms with van der Waals surface area (Å²) in [4.78, 5) is 2.45. The third kappa shape index (κ3) is 3.01. The molecule has 1 aromatic rings. The van der Waals surface area contributed by atoms with E-state index in [-0.39, 0.29) is 0 Å². The monoisotopic (exact) mass is 252 g/mol. The van der Waals surface area contributed by atoms with Gasteiger partial charge in [-0.25, -0.2) is 0 Å². The maximum Gasteiger partial charge on any atom is 0.0406 e. The van der Waals surface area contributed by atoms with Gasteiger partial charge in [0.2, 0.25) is 0 Å². The van der Waals surface area contributed by atoms with Gasteiger partial charge in [-0.05, 0) is 56.7 Å². The van der Waals surface area contributed by atoms with Crippen LogP contribution in [0.15, 0.2) is 24.3 Å². The van der Waals surface area contributed by atoms with Crippen molar-refractivity contribution in [3.63, 3.8) is 0 Å². The van der Waals surface area contributed by atoms with Crippen molar-refractivity contribution in [2.24, 2.45) is 5.92 Å². The maximum atomic E-state index is 5.95. The number of likely N-dealkylation sites (tertiary alicyclic amines) is 1. The molecule has 2 nitrogen and oxygen atoms in total. The van der Waals surface area contributed by atoms with Crippen LogP contribution in [0.5, 0.6) is 0 Å². The molecule has 94 valence electrons. The minimum absolute atomic E-state index is 0.534. The van der Waals surface area contributed by atoms with Crippen molar-refractivity contribution in [2.75, 3.05) is 26.7 Å². The third-order valence-electron chi connectivity index (χ3n) is 3.64. The molecule has 0 radical (unpaired) electrons. The number of halogens is 1. The average Bonchev–Trinajstić information content (AvgIpc) is 2.69. The highest BCUT2D eigenvalue weighted by Crippen LogP contribution is 2.35. The standard InChI is InChI=1S/C14H21ClN2/c1-3-16-10-12-8-9-17(2)14(12)11-4-6-13(15)7-5-11/h4-7,12,14,16H,3,8-10H2,1-2H3. The first-order valence-electron chi connectivity index (χ1n) is 6.38. The highest BCUT2D eigenvalue weighted by atomic mass is 35.5. The molecule has 17 heavy (non-hydrogen) atoms. The Hall–Kier alpha value is -0.570. The van der Waals surface area contributed by atoms with E-state index in [0.717, 1.165) is 18.1 Å². The third-order valence-corrected chi connectivity index (χ3v) is 3.89. The number of hydrogen-bond donors (Lipinski definition) is 1. The van der Waals surface area contributed by atoms with Crippen LogP contribution in [-0.4, -0.2) is 31.6 Å². The van der Waals surface area contributed by atoms with Gasteiger partial charge in [0.1, 0.15) is 0 Å². The summed E-state index contributed by atoms with van der Waals surface area (Å²) in [5, 5.41) is 4.29. The second-order valence-corrected chi connectivity index (χ2v) is 5.27. The zero-order valence-electron chi connectivity index (χ0n) is 10.6. The predicted octanol–water partition coefficient (Wildman–Crippen LogP) is 2.94. The second kappa shape index (κ2) is 5.85. The summed E-state index contributed by atoms with van der Waals surface area (Å²) in [6.07, 6.45) is 1.27. The molecule has 1 aliphatic heterocycles. The molecular formula is C14H21ClN2. The van der Waals surface area contributed by atoms with E-state index in [1.807, 2.05) is 12.1 Å². The van der Waals surface area contributed by atoms with Crippen LogP contribution in [0.4, 0.5) is 0 Å². The number of nitrogens with one attached hydrogen (secondary N) is 1. The highest BCUT2D eigenvalue weighted by Gasteiger charge is 2.32. The zero-order valence-corrected chi connectivity index (χ0v) is 11.4. The summed E-state index contributed by atoms with van der Waals surface area (Å²) >= 11 is 5.95. The lowest BCUT2D eigenvalue weighted by Gasteiger charge is -2.25. The van der Waals surface area contributed by atoms with Gasteiger partial charge in [-0.2, -0.15) is 0 Å². The Morgan fingerprint density at radius 1 is 1.35 bits per heavy atom. The highest BCUT2D eigenvalue weighted by molar-refractivity contribution is 6.30. The molecule has 0 amide bonds. The van der Waals surface area contributed by atoms with Gasteiger partial charge in [0.05, 0.1) is 0 Å². The number of benzene rings is 1. The number of rotatable bonds is 4. The van der Waals surface area contributed by atoms with Gasteiger partial charge >= 0.3 is 0 Å². The SMILES string of the molecule is CCNCC1CCN(C)C1c1ccc(Cl)cc1. The molecule has 1 N–H and O–H groups in total. The first-order chi connectivity index (χ1) is 8.22. The van der Waals surface area contributed by atoms with E-state index in [1.54, 1.807) is 0 Å². The number of hydrogen-bond acceptors (Lipinski definition) is 2. The zero-order chi connectivity index (χ0) is 12.3. The van der Waals surface area contributed by atoms with E-state index < -0.39 is 0 Å². The quantitative estimate of drug-likeness (QED) is 0.887. The van der Waals surface area contributed by atoms with E-state index in [0.29, 0.717) is 12.0 Å². The van der Waals surface area contributed by atoms with Crippen molar-refractivity contribution in [3.05, 3.63) is 34.9 Å². The summed E-state index contributed by atoms with van der Waals surface area (Å²) in [5.41, 5.74) is 1.39. The summed E-state index contributed by atoms with van der Waals surface area (Å²) < 4.78 is 0. The summed E-state index contributed by atoms with van der Waals surface area (Å²) in [6, 6.07) is 8.84. The topological polar surface area (TPSA) is 15.3 Å². The summed E-state index contributed by atoms with van der Waals surface area (Å²) in [6.45, 7) is 5.50. The van der Waals surface area contributed by atoms with Crippen molar-refractivity contribution in [3.8, 4) is 0 Å². The van der Waals surface area contributed by atoms with Crippen molar-refractivity contribution < 1.29 is 0 Å². The van der Waals surface area contributed by atoms with Crippen LogP contribution in [0.25, 0.3) is 0 Å². The normalized spacial score (nSPS) is 25.4. The lowest BCUT2D eigenvalue weighted by Crippen LogP contribution is -2.28. The van der Waals surface area contributed by atoms with Crippen LogP contribution in [0.1, 0.15) is 24.9 Å². The molecule has 2 atom stereocenters. The van der Waals surface area contributed by atoms with Gasteiger partial charge in [-0.1, -0.05) is 30.7 Å². The van der Waals surface area contributed by atoms with Gasteiger partial charge in [-0.15, -0.1) is 0 Å². The molecule has 0 bridgehead atoms. The molecule has 0 spiro atoms. The van der Waals surface area contributed by atoms with Crippen LogP contribution >= 0.6 is 11.6 Å². The van der Waals surface area contributed by atoms with Crippen molar-refractivity contribution in [1.82, 2.24) is 10.2 Å². The Morgan fingerprint density at radius 3 is 2.71 bits per heavy atom. The fourth-order valence-electron chi connectivity index (χ4n) is 2.76.